The fourth-order valence-corrected chi connectivity index (χ4v) is 1.31. The summed E-state index contributed by atoms with van der Waals surface area (Å²) < 4.78 is 6.55. The lowest BCUT2D eigenvalue weighted by Crippen LogP contribution is -2.38. The summed E-state index contributed by atoms with van der Waals surface area (Å²) >= 11 is 0. The molecule has 1 rings (SSSR count). The van der Waals surface area contributed by atoms with Gasteiger partial charge in [-0.05, 0) is 12.1 Å². The lowest BCUT2D eigenvalue weighted by Gasteiger charge is -2.23. The number of likely N-dealkylation sites (N-methyl/N-ethyl adjacent to an activating group) is 1. The molecule has 5 N–H and O–H groups in total. The number of hydrogen-bond acceptors (Lipinski definition) is 4. The number of ether oxygens (including phenoxy) is 1. The van der Waals surface area contributed by atoms with E-state index in [1.54, 1.807) is 0 Å². The average Bonchev–Trinajstić information content (AvgIpc) is 2.15. The van der Waals surface area contributed by atoms with Crippen LogP contribution in [0.25, 0.3) is 0 Å². The normalized spacial score (nSPS) is 11.6. The van der Waals surface area contributed by atoms with Gasteiger partial charge in [0, 0.05) is 11.8 Å². The lowest BCUT2D eigenvalue weighted by atomic mass is 10.3. The van der Waals surface area contributed by atoms with E-state index in [0.29, 0.717) is 6.61 Å². The molecule has 1 aromatic carbocycles. The second-order valence-corrected chi connectivity index (χ2v) is 5.06. The van der Waals surface area contributed by atoms with Gasteiger partial charge >= 0.3 is 0 Å². The van der Waals surface area contributed by atoms with Crippen molar-refractivity contribution in [1.29, 1.82) is 0 Å². The van der Waals surface area contributed by atoms with Gasteiger partial charge in [-0.3, -0.25) is 11.5 Å². The van der Waals surface area contributed by atoms with Crippen molar-refractivity contribution in [2.75, 3.05) is 39.6 Å². The number of rotatable bonds is 6. The Kier molecular flexibility index (Phi) is 4.74. The van der Waals surface area contributed by atoms with Crippen molar-refractivity contribution < 1.29 is 9.22 Å². The molecule has 5 heteroatoms. The van der Waals surface area contributed by atoms with Crippen LogP contribution in [-0.4, -0.2) is 45.1 Å². The lowest BCUT2D eigenvalue weighted by molar-refractivity contribution is -0.870. The summed E-state index contributed by atoms with van der Waals surface area (Å²) in [5, 5.41) is 2.92. The quantitative estimate of drug-likeness (QED) is 0.496. The molecule has 0 unspecified atom stereocenters. The number of anilines is 1. The summed E-state index contributed by atoms with van der Waals surface area (Å²) in [5.41, 5.74) is 11.8. The Labute approximate surface area is 103 Å². The smallest absolute Gasteiger partial charge is 0.137 e. The van der Waals surface area contributed by atoms with Crippen LogP contribution in [0.3, 0.4) is 0 Å². The second kappa shape index (κ2) is 5.86. The van der Waals surface area contributed by atoms with Crippen molar-refractivity contribution >= 4 is 5.69 Å². The SMILES string of the molecule is C[N+](C)(C)CCOc1cccc(NC(N)N)c1. The summed E-state index contributed by atoms with van der Waals surface area (Å²) in [5.74, 6) is 0.823. The first-order valence-corrected chi connectivity index (χ1v) is 5.68. The number of nitrogens with two attached hydrogens (primary N) is 2. The fourth-order valence-electron chi connectivity index (χ4n) is 1.31. The topological polar surface area (TPSA) is 73.3 Å². The zero-order valence-electron chi connectivity index (χ0n) is 10.8. The first kappa shape index (κ1) is 13.8. The minimum Gasteiger partial charge on any atom is -0.488 e. The number of benzene rings is 1. The number of nitrogens with one attached hydrogen (secondary N) is 1. The molecule has 0 amide bonds. The van der Waals surface area contributed by atoms with Gasteiger partial charge < -0.3 is 14.5 Å². The summed E-state index contributed by atoms with van der Waals surface area (Å²) in [4.78, 5) is 0. The maximum atomic E-state index is 5.67. The van der Waals surface area contributed by atoms with Crippen LogP contribution in [0.2, 0.25) is 0 Å². The highest BCUT2D eigenvalue weighted by Crippen LogP contribution is 2.17. The van der Waals surface area contributed by atoms with Gasteiger partial charge in [-0.25, -0.2) is 0 Å². The average molecular weight is 239 g/mol. The molecular formula is C12H23N4O+. The van der Waals surface area contributed by atoms with Gasteiger partial charge in [0.1, 0.15) is 25.2 Å². The number of hydrogen-bond donors (Lipinski definition) is 3. The maximum absolute atomic E-state index is 5.67. The number of nitrogens with zero attached hydrogens (tertiary/aromatic N) is 1. The van der Waals surface area contributed by atoms with Crippen LogP contribution in [-0.2, 0) is 0 Å². The van der Waals surface area contributed by atoms with E-state index in [1.807, 2.05) is 24.3 Å². The van der Waals surface area contributed by atoms with Crippen LogP contribution in [0, 0.1) is 0 Å². The van der Waals surface area contributed by atoms with Gasteiger partial charge in [-0.15, -0.1) is 0 Å². The van der Waals surface area contributed by atoms with Gasteiger partial charge in [-0.1, -0.05) is 6.07 Å². The molecule has 0 aliphatic carbocycles. The molecule has 0 aliphatic rings. The zero-order valence-corrected chi connectivity index (χ0v) is 10.8. The molecule has 0 aliphatic heterocycles. The van der Waals surface area contributed by atoms with Crippen molar-refractivity contribution in [3.63, 3.8) is 0 Å². The van der Waals surface area contributed by atoms with E-state index >= 15 is 0 Å². The monoisotopic (exact) mass is 239 g/mol. The van der Waals surface area contributed by atoms with Gasteiger partial charge in [-0.2, -0.15) is 0 Å². The summed E-state index contributed by atoms with van der Waals surface area (Å²) in [6, 6.07) is 7.62. The Morgan fingerprint density at radius 2 is 2.00 bits per heavy atom. The Morgan fingerprint density at radius 3 is 2.59 bits per heavy atom. The molecule has 0 spiro atoms. The second-order valence-electron chi connectivity index (χ2n) is 5.06. The van der Waals surface area contributed by atoms with Crippen molar-refractivity contribution in [3.8, 4) is 5.75 Å². The maximum Gasteiger partial charge on any atom is 0.137 e. The molecule has 0 atom stereocenters. The minimum atomic E-state index is -0.559. The molecule has 0 radical (unpaired) electrons. The van der Waals surface area contributed by atoms with Gasteiger partial charge in [0.05, 0.1) is 21.1 Å². The predicted molar refractivity (Wildman–Crippen MR) is 70.6 cm³/mol. The minimum absolute atomic E-state index is 0.559. The van der Waals surface area contributed by atoms with Gasteiger partial charge in [0.25, 0.3) is 0 Å². The van der Waals surface area contributed by atoms with E-state index in [-0.39, 0.29) is 0 Å². The van der Waals surface area contributed by atoms with Crippen molar-refractivity contribution in [3.05, 3.63) is 24.3 Å². The van der Waals surface area contributed by atoms with Crippen molar-refractivity contribution in [2.45, 2.75) is 6.29 Å². The Morgan fingerprint density at radius 1 is 1.29 bits per heavy atom. The van der Waals surface area contributed by atoms with Crippen LogP contribution >= 0.6 is 0 Å². The van der Waals surface area contributed by atoms with E-state index in [2.05, 4.69) is 26.5 Å². The highest BCUT2D eigenvalue weighted by atomic mass is 16.5. The number of quaternary nitrogens is 1. The van der Waals surface area contributed by atoms with E-state index in [0.717, 1.165) is 22.5 Å². The van der Waals surface area contributed by atoms with Crippen LogP contribution in [0.15, 0.2) is 24.3 Å². The fraction of sp³-hybridized carbons (Fsp3) is 0.500. The van der Waals surface area contributed by atoms with Gasteiger partial charge in [0.15, 0.2) is 0 Å². The molecule has 0 saturated heterocycles. The van der Waals surface area contributed by atoms with E-state index in [9.17, 15) is 0 Å². The third kappa shape index (κ3) is 6.11. The van der Waals surface area contributed by atoms with Crippen LogP contribution in [0.1, 0.15) is 0 Å². The molecule has 0 fully saturated rings. The molecule has 17 heavy (non-hydrogen) atoms. The van der Waals surface area contributed by atoms with Crippen molar-refractivity contribution in [2.24, 2.45) is 11.5 Å². The largest absolute Gasteiger partial charge is 0.488 e. The molecule has 1 aromatic rings. The molecule has 0 bridgehead atoms. The molecule has 96 valence electrons. The first-order chi connectivity index (χ1) is 7.87. The molecule has 0 aromatic heterocycles. The van der Waals surface area contributed by atoms with Crippen LogP contribution < -0.4 is 21.5 Å². The van der Waals surface area contributed by atoms with Crippen LogP contribution in [0.4, 0.5) is 5.69 Å². The van der Waals surface area contributed by atoms with E-state index < -0.39 is 6.29 Å². The van der Waals surface area contributed by atoms with Crippen molar-refractivity contribution in [1.82, 2.24) is 0 Å². The Balaban J connectivity index is 2.48. The molecule has 0 saturated carbocycles. The summed E-state index contributed by atoms with van der Waals surface area (Å²) in [6.07, 6.45) is -0.559. The third-order valence-electron chi connectivity index (χ3n) is 2.20. The predicted octanol–water partition coefficient (Wildman–Crippen LogP) is 0.385. The third-order valence-corrected chi connectivity index (χ3v) is 2.20. The highest BCUT2D eigenvalue weighted by molar-refractivity contribution is 5.48. The Hall–Kier alpha value is -1.30. The van der Waals surface area contributed by atoms with E-state index in [1.165, 1.54) is 0 Å². The summed E-state index contributed by atoms with van der Waals surface area (Å²) in [6.45, 7) is 1.63. The zero-order chi connectivity index (χ0) is 12.9. The highest BCUT2D eigenvalue weighted by Gasteiger charge is 2.06. The van der Waals surface area contributed by atoms with Crippen LogP contribution in [0.5, 0.6) is 5.75 Å². The Bertz CT molecular complexity index is 347. The molecular weight excluding hydrogens is 216 g/mol. The summed E-state index contributed by atoms with van der Waals surface area (Å²) in [7, 11) is 6.40. The standard InChI is InChI=1S/C12H23N4O/c1-16(2,3)7-8-17-11-6-4-5-10(9-11)15-12(13)14/h4-6,9,12,15H,7-8,13-14H2,1-3H3/q+1. The van der Waals surface area contributed by atoms with Gasteiger partial charge in [0.2, 0.25) is 0 Å². The first-order valence-electron chi connectivity index (χ1n) is 5.68. The molecule has 5 nitrogen and oxygen atoms in total. The molecule has 0 heterocycles. The van der Waals surface area contributed by atoms with E-state index in [4.69, 9.17) is 16.2 Å².